The van der Waals surface area contributed by atoms with E-state index in [9.17, 15) is 33.0 Å². The average Bonchev–Trinajstić information content (AvgIpc) is 3.98. The van der Waals surface area contributed by atoms with Gasteiger partial charge in [0.25, 0.3) is 5.91 Å². The molecule has 3 aromatic carbocycles. The molecule has 8 rings (SSSR count). The summed E-state index contributed by atoms with van der Waals surface area (Å²) < 4.78 is 25.3. The van der Waals surface area contributed by atoms with Crippen LogP contribution in [0, 0.1) is 0 Å². The van der Waals surface area contributed by atoms with Gasteiger partial charge in [0, 0.05) is 44.3 Å². The van der Waals surface area contributed by atoms with Crippen LogP contribution in [0.25, 0.3) is 11.2 Å². The Balaban J connectivity index is 1.09. The molecule has 58 heavy (non-hydrogen) atoms. The zero-order chi connectivity index (χ0) is 40.7. The van der Waals surface area contributed by atoms with Gasteiger partial charge in [0.15, 0.2) is 17.0 Å². The molecule has 5 atom stereocenters. The van der Waals surface area contributed by atoms with Crippen LogP contribution in [-0.2, 0) is 14.8 Å². The van der Waals surface area contributed by atoms with E-state index >= 15 is 0 Å². The van der Waals surface area contributed by atoms with Crippen molar-refractivity contribution in [2.24, 2.45) is 5.14 Å². The number of nitrogens with zero attached hydrogens (tertiary/aromatic N) is 7. The molecule has 1 aliphatic carbocycles. The number of primary sulfonamides is 1. The summed E-state index contributed by atoms with van der Waals surface area (Å²) >= 11 is 0. The van der Waals surface area contributed by atoms with Gasteiger partial charge in [-0.3, -0.25) is 9.69 Å². The molecule has 0 spiro atoms. The molecule has 18 nitrogen and oxygen atoms in total. The Morgan fingerprint density at radius 3 is 2.29 bits per heavy atom. The van der Waals surface area contributed by atoms with Crippen LogP contribution in [0.5, 0.6) is 0 Å². The van der Waals surface area contributed by atoms with E-state index in [1.807, 2.05) is 41.3 Å². The Morgan fingerprint density at radius 1 is 0.948 bits per heavy atom. The molecule has 7 N–H and O–H groups in total. The van der Waals surface area contributed by atoms with Gasteiger partial charge < -0.3 is 40.5 Å². The molecule has 3 aliphatic rings. The predicted octanol–water partition coefficient (Wildman–Crippen LogP) is 2.05. The molecule has 302 valence electrons. The number of rotatable bonds is 11. The lowest BCUT2D eigenvalue weighted by Gasteiger charge is -2.24. The number of carbonyl (C=O) groups is 3. The van der Waals surface area contributed by atoms with Crippen LogP contribution in [0.4, 0.5) is 27.0 Å². The van der Waals surface area contributed by atoms with Crippen LogP contribution in [0.1, 0.15) is 35.9 Å². The van der Waals surface area contributed by atoms with Crippen molar-refractivity contribution in [2.45, 2.75) is 54.0 Å². The minimum Gasteiger partial charge on any atom is -0.388 e. The summed E-state index contributed by atoms with van der Waals surface area (Å²) in [5, 5.41) is 37.0. The number of fused-ring (bicyclic) bond motifs is 1. The van der Waals surface area contributed by atoms with E-state index in [1.165, 1.54) is 36.5 Å². The first kappa shape index (κ1) is 38.7. The summed E-state index contributed by atoms with van der Waals surface area (Å²) in [5.41, 5.74) is 3.21. The number of amides is 5. The number of anilines is 3. The number of aliphatic hydroxyl groups excluding tert-OH is 2. The van der Waals surface area contributed by atoms with Crippen LogP contribution in [-0.4, -0.2) is 123 Å². The molecule has 2 aromatic heterocycles. The molecule has 4 heterocycles. The molecule has 5 aromatic rings. The summed E-state index contributed by atoms with van der Waals surface area (Å²) in [6.45, 7) is 1.12. The fourth-order valence-corrected chi connectivity index (χ4v) is 8.61. The summed E-state index contributed by atoms with van der Waals surface area (Å²) in [5.74, 6) is 0.235. The van der Waals surface area contributed by atoms with Gasteiger partial charge in [0.1, 0.15) is 18.8 Å². The van der Waals surface area contributed by atoms with Crippen LogP contribution in [0.3, 0.4) is 0 Å². The number of nitrogens with one attached hydrogen (secondary N) is 3. The van der Waals surface area contributed by atoms with Crippen molar-refractivity contribution >= 4 is 56.6 Å². The maximum atomic E-state index is 13.0. The Morgan fingerprint density at radius 2 is 1.64 bits per heavy atom. The highest BCUT2D eigenvalue weighted by molar-refractivity contribution is 7.89. The minimum absolute atomic E-state index is 0.0657. The number of hydrogen-bond donors (Lipinski definition) is 6. The summed E-state index contributed by atoms with van der Waals surface area (Å²) in [4.78, 5) is 57.4. The topological polar surface area (TPSA) is 241 Å². The highest BCUT2D eigenvalue weighted by atomic mass is 32.2. The maximum absolute atomic E-state index is 13.0. The van der Waals surface area contributed by atoms with Gasteiger partial charge in [0.2, 0.25) is 16.0 Å². The lowest BCUT2D eigenvalue weighted by molar-refractivity contribution is -0.128. The highest BCUT2D eigenvalue weighted by Gasteiger charge is 2.51. The van der Waals surface area contributed by atoms with Gasteiger partial charge in [-0.15, -0.1) is 0 Å². The molecular formula is C39H43N11O7S. The number of hydrogen-bond acceptors (Lipinski definition) is 12. The number of imidazole rings is 1. The van der Waals surface area contributed by atoms with E-state index in [-0.39, 0.29) is 35.5 Å². The molecule has 0 bridgehead atoms. The average molecular weight is 810 g/mol. The first-order valence-corrected chi connectivity index (χ1v) is 20.4. The monoisotopic (exact) mass is 809 g/mol. The third kappa shape index (κ3) is 7.63. The second-order valence-corrected chi connectivity index (χ2v) is 16.4. The quantitative estimate of drug-likeness (QED) is 0.105. The number of carbonyl (C=O) groups excluding carboxylic acids is 3. The first-order valence-electron chi connectivity index (χ1n) is 18.8. The van der Waals surface area contributed by atoms with Crippen molar-refractivity contribution in [3.05, 3.63) is 102 Å². The van der Waals surface area contributed by atoms with E-state index in [0.717, 1.165) is 16.0 Å². The number of aromatic nitrogens is 4. The first-order chi connectivity index (χ1) is 27.9. The maximum Gasteiger partial charge on any atom is 0.327 e. The summed E-state index contributed by atoms with van der Waals surface area (Å²) in [7, 11) is -2.46. The van der Waals surface area contributed by atoms with Gasteiger partial charge in [-0.05, 0) is 42.2 Å². The number of urea groups is 2. The zero-order valence-electron chi connectivity index (χ0n) is 31.4. The van der Waals surface area contributed by atoms with Gasteiger partial charge in [-0.2, -0.15) is 9.97 Å². The zero-order valence-corrected chi connectivity index (χ0v) is 32.2. The van der Waals surface area contributed by atoms with Gasteiger partial charge in [-0.25, -0.2) is 28.1 Å². The van der Waals surface area contributed by atoms with Crippen molar-refractivity contribution < 1.29 is 33.0 Å². The van der Waals surface area contributed by atoms with Crippen molar-refractivity contribution in [3.63, 3.8) is 0 Å². The van der Waals surface area contributed by atoms with Crippen molar-refractivity contribution in [3.8, 4) is 0 Å². The Hall–Kier alpha value is -6.15. The fourth-order valence-electron chi connectivity index (χ4n) is 8.05. The Kier molecular flexibility index (Phi) is 10.4. The number of aliphatic hydroxyl groups is 2. The van der Waals surface area contributed by atoms with Gasteiger partial charge >= 0.3 is 12.1 Å². The number of sulfonamides is 1. The lowest BCUT2D eigenvalue weighted by atomic mass is 9.91. The van der Waals surface area contributed by atoms with Crippen molar-refractivity contribution in [2.75, 3.05) is 48.8 Å². The number of benzene rings is 3. The second-order valence-electron chi connectivity index (χ2n) is 14.8. The van der Waals surface area contributed by atoms with E-state index in [1.54, 1.807) is 10.6 Å². The standard InChI is InChI=1S/C39H43N11O7S/c1-47-21-31(51)50(39(47)55)30-18-29(33(52)34(30)53)49-22-42-32-35(41-19-28(23-9-4-2-5-10-23)24-11-6-3-7-12-24)45-37(46-36(32)49)48-16-15-26(20-48)44-38(54)43-25-13-8-14-27(17-25)58(40,56)57/h2-14,17,22,26,28-30,33-34,52-53H,15-16,18-21H2,1H3,(H2,40,56,57)(H,41,45,46)(H2,43,44,54)/t26?,29-,30+,33+,34-/m1/s1. The van der Waals surface area contributed by atoms with Gasteiger partial charge in [0.05, 0.1) is 23.3 Å². The molecule has 3 fully saturated rings. The van der Waals surface area contributed by atoms with Crippen LogP contribution < -0.4 is 26.0 Å². The SMILES string of the molecule is CN1CC(=O)N([C@H]2C[C@@H](n3cnc4c(NCC(c5ccccc5)c5ccccc5)nc(N5CCC(NC(=O)Nc6cccc(S(N)(=O)=O)c6)C5)nc43)[C@H](O)[C@@H]2O)C1=O. The van der Waals surface area contributed by atoms with Crippen LogP contribution in [0.15, 0.2) is 96.2 Å². The smallest absolute Gasteiger partial charge is 0.327 e. The summed E-state index contributed by atoms with van der Waals surface area (Å²) in [6.07, 6.45) is -0.631. The van der Waals surface area contributed by atoms with Crippen molar-refractivity contribution in [1.82, 2.24) is 34.6 Å². The highest BCUT2D eigenvalue weighted by Crippen LogP contribution is 2.38. The number of likely N-dealkylation sites (N-methyl/N-ethyl adjacent to an activating group) is 1. The molecule has 5 amide bonds. The molecular weight excluding hydrogens is 767 g/mol. The van der Waals surface area contributed by atoms with E-state index in [2.05, 4.69) is 40.2 Å². The van der Waals surface area contributed by atoms with Gasteiger partial charge in [-0.1, -0.05) is 66.7 Å². The molecule has 2 aliphatic heterocycles. The largest absolute Gasteiger partial charge is 0.388 e. The number of imide groups is 1. The van der Waals surface area contributed by atoms with Crippen LogP contribution in [0.2, 0.25) is 0 Å². The van der Waals surface area contributed by atoms with E-state index in [0.29, 0.717) is 49.0 Å². The third-order valence-corrected chi connectivity index (χ3v) is 11.9. The Labute approximate surface area is 333 Å². The molecule has 2 saturated heterocycles. The third-order valence-electron chi connectivity index (χ3n) is 11.0. The number of nitrogens with two attached hydrogens (primary N) is 1. The molecule has 0 radical (unpaired) electrons. The fraction of sp³-hybridized carbons (Fsp3) is 0.333. The van der Waals surface area contributed by atoms with E-state index < -0.39 is 52.3 Å². The van der Waals surface area contributed by atoms with Crippen LogP contribution >= 0.6 is 0 Å². The van der Waals surface area contributed by atoms with E-state index in [4.69, 9.17) is 20.1 Å². The molecule has 19 heteroatoms. The normalized spacial score (nSPS) is 22.4. The second kappa shape index (κ2) is 15.7. The molecule has 1 saturated carbocycles. The lowest BCUT2D eigenvalue weighted by Crippen LogP contribution is -2.47. The van der Waals surface area contributed by atoms with Crippen molar-refractivity contribution in [1.29, 1.82) is 0 Å². The predicted molar refractivity (Wildman–Crippen MR) is 213 cm³/mol. The Bertz CT molecular complexity index is 2410. The minimum atomic E-state index is -3.96. The summed E-state index contributed by atoms with van der Waals surface area (Å²) in [6, 6.07) is 22.6. The molecule has 1 unspecified atom stereocenters.